The van der Waals surface area contributed by atoms with Crippen LogP contribution >= 0.6 is 0 Å². The van der Waals surface area contributed by atoms with Crippen LogP contribution in [-0.2, 0) is 26.2 Å². The number of halogens is 2. The first-order valence-electron chi connectivity index (χ1n) is 5.33. The smallest absolute Gasteiger partial charge is 1.00 e. The number of aromatic hydroxyl groups is 2. The number of ether oxygens (including phenoxy) is 2. The second-order valence-corrected chi connectivity index (χ2v) is 3.34. The fourth-order valence-corrected chi connectivity index (χ4v) is 1.26. The molecule has 2 aromatic rings. The van der Waals surface area contributed by atoms with Crippen LogP contribution in [0, 0.1) is 0 Å². The molecule has 0 radical (unpaired) electrons. The third-order valence-electron chi connectivity index (χ3n) is 2.17. The summed E-state index contributed by atoms with van der Waals surface area (Å²) in [5.41, 5.74) is 0. The summed E-state index contributed by atoms with van der Waals surface area (Å²) in [5.74, 6) is 1.38. The van der Waals surface area contributed by atoms with Gasteiger partial charge in [0.25, 0.3) is 0 Å². The molecule has 114 valence electrons. The van der Waals surface area contributed by atoms with E-state index >= 15 is 0 Å². The van der Waals surface area contributed by atoms with Gasteiger partial charge in [-0.25, -0.2) is 0 Å². The third kappa shape index (κ3) is 8.87. The van der Waals surface area contributed by atoms with Crippen molar-refractivity contribution in [1.82, 2.24) is 0 Å². The topological polar surface area (TPSA) is 58.9 Å². The molecule has 0 atom stereocenters. The fourth-order valence-electron chi connectivity index (χ4n) is 1.26. The first-order valence-corrected chi connectivity index (χ1v) is 5.33. The van der Waals surface area contributed by atoms with Gasteiger partial charge in [-0.3, -0.25) is 0 Å². The van der Waals surface area contributed by atoms with Crippen molar-refractivity contribution < 1.29 is 70.7 Å². The fraction of sp³-hybridized carbons (Fsp3) is 0.143. The Balaban J connectivity index is -0.000000270. The maximum absolute atomic E-state index is 8.99. The van der Waals surface area contributed by atoms with E-state index in [0.29, 0.717) is 11.5 Å². The van der Waals surface area contributed by atoms with Gasteiger partial charge in [0.15, 0.2) is 23.0 Å². The van der Waals surface area contributed by atoms with Crippen LogP contribution in [0.4, 0.5) is 0 Å². The van der Waals surface area contributed by atoms with Crippen molar-refractivity contribution in [1.29, 1.82) is 0 Å². The summed E-state index contributed by atoms with van der Waals surface area (Å²) in [4.78, 5) is 0. The number of benzene rings is 2. The van der Waals surface area contributed by atoms with Gasteiger partial charge in [-0.2, -0.15) is 0 Å². The summed E-state index contributed by atoms with van der Waals surface area (Å²) >= 11 is 0. The maximum atomic E-state index is 8.99. The zero-order chi connectivity index (χ0) is 13.4. The van der Waals surface area contributed by atoms with Crippen LogP contribution in [0.25, 0.3) is 0 Å². The molecule has 0 fully saturated rings. The van der Waals surface area contributed by atoms with Gasteiger partial charge in [0.1, 0.15) is 0 Å². The van der Waals surface area contributed by atoms with E-state index in [4.69, 9.17) is 19.7 Å². The molecule has 2 rings (SSSR count). The minimum absolute atomic E-state index is 0. The molecule has 0 aliphatic heterocycles. The van der Waals surface area contributed by atoms with Crippen LogP contribution in [0.5, 0.6) is 23.0 Å². The number of phenols is 2. The molecule has 0 spiro atoms. The molecule has 7 heteroatoms. The number of rotatable bonds is 2. The molecule has 4 nitrogen and oxygen atoms in total. The van der Waals surface area contributed by atoms with Gasteiger partial charge in [-0.1, -0.05) is 24.3 Å². The molecule has 2 aromatic carbocycles. The Bertz CT molecular complexity index is 452. The third-order valence-corrected chi connectivity index (χ3v) is 2.17. The molecular formula is C14H16Cl2O4Zr. The second-order valence-electron chi connectivity index (χ2n) is 3.34. The molecule has 0 saturated carbocycles. The summed E-state index contributed by atoms with van der Waals surface area (Å²) in [6.45, 7) is 0. The molecule has 0 heterocycles. The van der Waals surface area contributed by atoms with Crippen molar-refractivity contribution in [2.75, 3.05) is 14.2 Å². The minimum atomic E-state index is 0. The van der Waals surface area contributed by atoms with E-state index in [-0.39, 0.29) is 62.5 Å². The predicted molar refractivity (Wildman–Crippen MR) is 69.3 cm³/mol. The van der Waals surface area contributed by atoms with Crippen LogP contribution < -0.4 is 34.3 Å². The van der Waals surface area contributed by atoms with Crippen molar-refractivity contribution >= 4 is 0 Å². The van der Waals surface area contributed by atoms with Crippen molar-refractivity contribution in [3.63, 3.8) is 0 Å². The molecule has 0 aromatic heterocycles. The van der Waals surface area contributed by atoms with Gasteiger partial charge in [0.05, 0.1) is 14.2 Å². The van der Waals surface area contributed by atoms with Crippen LogP contribution in [0.3, 0.4) is 0 Å². The Kier molecular flexibility index (Phi) is 16.8. The number of para-hydroxylation sites is 4. The van der Waals surface area contributed by atoms with E-state index in [1.54, 1.807) is 48.5 Å². The molecule has 0 saturated heterocycles. The summed E-state index contributed by atoms with van der Waals surface area (Å²) < 4.78 is 9.59. The molecule has 0 aliphatic carbocycles. The number of hydrogen-bond acceptors (Lipinski definition) is 4. The van der Waals surface area contributed by atoms with Gasteiger partial charge in [0.2, 0.25) is 0 Å². The van der Waals surface area contributed by atoms with Gasteiger partial charge in [0, 0.05) is 0 Å². The first-order chi connectivity index (χ1) is 8.69. The largest absolute Gasteiger partial charge is 2.00 e. The molecule has 21 heavy (non-hydrogen) atoms. The molecule has 0 amide bonds. The van der Waals surface area contributed by atoms with Crippen LogP contribution in [-0.4, -0.2) is 24.4 Å². The SMILES string of the molecule is COc1ccccc1O.COc1ccccc1O.[Cl-].[Cl-].[Zr+2]. The Morgan fingerprint density at radius 1 is 0.667 bits per heavy atom. The van der Waals surface area contributed by atoms with Gasteiger partial charge >= 0.3 is 26.2 Å². The number of hydrogen-bond donors (Lipinski definition) is 2. The number of methoxy groups -OCH3 is 2. The summed E-state index contributed by atoms with van der Waals surface area (Å²) in [6.07, 6.45) is 0. The van der Waals surface area contributed by atoms with Crippen molar-refractivity contribution in [2.45, 2.75) is 0 Å². The molecule has 2 N–H and O–H groups in total. The maximum Gasteiger partial charge on any atom is 2.00 e. The van der Waals surface area contributed by atoms with Gasteiger partial charge in [-0.05, 0) is 24.3 Å². The Hall–Kier alpha value is -0.897. The Morgan fingerprint density at radius 2 is 0.952 bits per heavy atom. The summed E-state index contributed by atoms with van der Waals surface area (Å²) in [5, 5.41) is 18.0. The van der Waals surface area contributed by atoms with Crippen molar-refractivity contribution in [2.24, 2.45) is 0 Å². The quantitative estimate of drug-likeness (QED) is 0.548. The van der Waals surface area contributed by atoms with E-state index in [0.717, 1.165) is 0 Å². The van der Waals surface area contributed by atoms with E-state index in [1.165, 1.54) is 14.2 Å². The Morgan fingerprint density at radius 3 is 1.14 bits per heavy atom. The average Bonchev–Trinajstić information content (AvgIpc) is 2.41. The van der Waals surface area contributed by atoms with Crippen molar-refractivity contribution in [3.05, 3.63) is 48.5 Å². The molecule has 0 bridgehead atoms. The molecular weight excluding hydrogens is 394 g/mol. The van der Waals surface area contributed by atoms with Gasteiger partial charge in [-0.15, -0.1) is 0 Å². The average molecular weight is 410 g/mol. The zero-order valence-electron chi connectivity index (χ0n) is 11.6. The normalized spacial score (nSPS) is 7.71. The second kappa shape index (κ2) is 14.1. The van der Waals surface area contributed by atoms with E-state index in [2.05, 4.69) is 0 Å². The monoisotopic (exact) mass is 408 g/mol. The summed E-state index contributed by atoms with van der Waals surface area (Å²) in [7, 11) is 3.05. The zero-order valence-corrected chi connectivity index (χ0v) is 15.6. The van der Waals surface area contributed by atoms with Crippen LogP contribution in [0.15, 0.2) is 48.5 Å². The van der Waals surface area contributed by atoms with Crippen LogP contribution in [0.1, 0.15) is 0 Å². The van der Waals surface area contributed by atoms with E-state index in [1.807, 2.05) is 0 Å². The predicted octanol–water partition coefficient (Wildman–Crippen LogP) is -3.19. The number of phenolic OH excluding ortho intramolecular Hbond substituents is 2. The Labute approximate surface area is 156 Å². The van der Waals surface area contributed by atoms with Crippen LogP contribution in [0.2, 0.25) is 0 Å². The minimum Gasteiger partial charge on any atom is -1.00 e. The molecule has 0 unspecified atom stereocenters. The van der Waals surface area contributed by atoms with Gasteiger partial charge < -0.3 is 44.5 Å². The van der Waals surface area contributed by atoms with Crippen molar-refractivity contribution in [3.8, 4) is 23.0 Å². The van der Waals surface area contributed by atoms with E-state index < -0.39 is 0 Å². The molecule has 0 aliphatic rings. The summed E-state index contributed by atoms with van der Waals surface area (Å²) in [6, 6.07) is 13.7. The first kappa shape index (κ1) is 25.1. The van der Waals surface area contributed by atoms with E-state index in [9.17, 15) is 0 Å². The standard InChI is InChI=1S/2C7H8O2.2ClH.Zr/c2*1-9-7-5-3-2-4-6(7)8;;;/h2*2-5,8H,1H3;2*1H;/q;;;;+2/p-2.